The van der Waals surface area contributed by atoms with Crippen molar-refractivity contribution in [2.24, 2.45) is 11.1 Å². The first-order valence-corrected chi connectivity index (χ1v) is 11.7. The molecule has 4 rings (SSSR count). The van der Waals surface area contributed by atoms with Gasteiger partial charge in [-0.25, -0.2) is 0 Å². The van der Waals surface area contributed by atoms with Crippen molar-refractivity contribution in [3.63, 3.8) is 0 Å². The zero-order chi connectivity index (χ0) is 20.2. The third kappa shape index (κ3) is 4.44. The molecule has 1 N–H and O–H groups in total. The van der Waals surface area contributed by atoms with E-state index in [1.54, 1.807) is 21.6 Å². The van der Waals surface area contributed by atoms with Crippen LogP contribution in [-0.4, -0.2) is 63.3 Å². The summed E-state index contributed by atoms with van der Waals surface area (Å²) >= 11 is 1.65. The molecule has 3 aliphatic rings. The van der Waals surface area contributed by atoms with Gasteiger partial charge in [0.05, 0.1) is 18.1 Å². The molecule has 0 spiro atoms. The molecule has 156 valence electrons. The molecule has 0 unspecified atom stereocenters. The molecule has 1 aromatic carbocycles. The van der Waals surface area contributed by atoms with Crippen LogP contribution in [0.3, 0.4) is 0 Å². The monoisotopic (exact) mass is 415 g/mol. The Labute approximate surface area is 176 Å². The minimum absolute atomic E-state index is 0.00246. The fourth-order valence-electron chi connectivity index (χ4n) is 4.89. The first kappa shape index (κ1) is 20.3. The molecule has 2 heterocycles. The molecular weight excluding hydrogens is 386 g/mol. The molecule has 2 aliphatic heterocycles. The molecule has 29 heavy (non-hydrogen) atoms. The van der Waals surface area contributed by atoms with Crippen molar-refractivity contribution in [2.45, 2.75) is 57.0 Å². The second-order valence-electron chi connectivity index (χ2n) is 8.30. The molecule has 2 fully saturated rings. The summed E-state index contributed by atoms with van der Waals surface area (Å²) in [5.41, 5.74) is 2.87. The number of hydrogen-bond acceptors (Lipinski definition) is 5. The Morgan fingerprint density at radius 1 is 1.21 bits per heavy atom. The topological polar surface area (TPSA) is 73.2 Å². The maximum absolute atomic E-state index is 13.1. The number of amides is 2. The minimum atomic E-state index is -0.358. The average molecular weight is 416 g/mol. The van der Waals surface area contributed by atoms with E-state index >= 15 is 0 Å². The van der Waals surface area contributed by atoms with Gasteiger partial charge in [-0.1, -0.05) is 29.4 Å². The number of benzene rings is 1. The van der Waals surface area contributed by atoms with Crippen molar-refractivity contribution in [1.29, 1.82) is 0 Å². The van der Waals surface area contributed by atoms with Crippen LogP contribution in [0.25, 0.3) is 0 Å². The Kier molecular flexibility index (Phi) is 6.43. The van der Waals surface area contributed by atoms with Crippen molar-refractivity contribution >= 4 is 29.8 Å². The highest BCUT2D eigenvalue weighted by atomic mass is 32.2. The van der Waals surface area contributed by atoms with Gasteiger partial charge in [0.15, 0.2) is 0 Å². The first-order valence-electron chi connectivity index (χ1n) is 10.6. The van der Waals surface area contributed by atoms with Gasteiger partial charge < -0.3 is 15.0 Å². The number of likely N-dealkylation sites (tertiary alicyclic amines) is 1. The first-order chi connectivity index (χ1) is 14.2. The van der Waals surface area contributed by atoms with Crippen molar-refractivity contribution in [3.8, 4) is 0 Å². The van der Waals surface area contributed by atoms with E-state index in [2.05, 4.69) is 29.4 Å². The van der Waals surface area contributed by atoms with Gasteiger partial charge in [0, 0.05) is 18.7 Å². The molecule has 3 atom stereocenters. The highest BCUT2D eigenvalue weighted by Crippen LogP contribution is 2.30. The Morgan fingerprint density at radius 2 is 2.03 bits per heavy atom. The van der Waals surface area contributed by atoms with Gasteiger partial charge in [-0.3, -0.25) is 9.59 Å². The van der Waals surface area contributed by atoms with Crippen molar-refractivity contribution in [1.82, 2.24) is 9.80 Å². The molecule has 6 nitrogen and oxygen atoms in total. The minimum Gasteiger partial charge on any atom is -0.411 e. The summed E-state index contributed by atoms with van der Waals surface area (Å²) in [4.78, 5) is 29.6. The van der Waals surface area contributed by atoms with Crippen LogP contribution in [-0.2, 0) is 22.4 Å². The number of thioether (sulfide) groups is 1. The maximum atomic E-state index is 13.1. The van der Waals surface area contributed by atoms with E-state index in [0.717, 1.165) is 44.3 Å². The summed E-state index contributed by atoms with van der Waals surface area (Å²) < 4.78 is 0. The molecular formula is C22H29N3O3S. The van der Waals surface area contributed by atoms with Crippen LogP contribution in [0.4, 0.5) is 0 Å². The van der Waals surface area contributed by atoms with Crippen LogP contribution in [0, 0.1) is 5.92 Å². The SMILES string of the molecule is O=C([C@H]1CCCN1C(=O)CC[C@@H]1CCc2ccccc2C1)N1CSC[C@H]1C=NO. The smallest absolute Gasteiger partial charge is 0.246 e. The summed E-state index contributed by atoms with van der Waals surface area (Å²) in [5, 5.41) is 12.0. The van der Waals surface area contributed by atoms with E-state index in [1.807, 2.05) is 0 Å². The molecule has 0 bridgehead atoms. The van der Waals surface area contributed by atoms with E-state index in [0.29, 0.717) is 24.8 Å². The summed E-state index contributed by atoms with van der Waals surface area (Å²) in [6, 6.07) is 8.07. The molecule has 0 saturated carbocycles. The number of nitrogens with zero attached hydrogens (tertiary/aromatic N) is 3. The van der Waals surface area contributed by atoms with E-state index in [1.165, 1.54) is 17.3 Å². The Balaban J connectivity index is 1.33. The molecule has 2 saturated heterocycles. The van der Waals surface area contributed by atoms with Gasteiger partial charge in [0.1, 0.15) is 6.04 Å². The van der Waals surface area contributed by atoms with Gasteiger partial charge in [-0.2, -0.15) is 0 Å². The summed E-state index contributed by atoms with van der Waals surface area (Å²) in [5.74, 6) is 1.98. The fraction of sp³-hybridized carbons (Fsp3) is 0.591. The predicted molar refractivity (Wildman–Crippen MR) is 114 cm³/mol. The predicted octanol–water partition coefficient (Wildman–Crippen LogP) is 2.92. The van der Waals surface area contributed by atoms with E-state index in [4.69, 9.17) is 5.21 Å². The van der Waals surface area contributed by atoms with Crippen LogP contribution in [0.1, 0.15) is 43.2 Å². The molecule has 1 aliphatic carbocycles. The lowest BCUT2D eigenvalue weighted by Gasteiger charge is -2.30. The molecule has 0 aromatic heterocycles. The van der Waals surface area contributed by atoms with Crippen molar-refractivity contribution in [3.05, 3.63) is 35.4 Å². The number of hydrogen-bond donors (Lipinski definition) is 1. The Bertz CT molecular complexity index is 784. The zero-order valence-electron chi connectivity index (χ0n) is 16.7. The average Bonchev–Trinajstić information content (AvgIpc) is 3.41. The highest BCUT2D eigenvalue weighted by Gasteiger charge is 2.39. The molecule has 0 radical (unpaired) electrons. The lowest BCUT2D eigenvalue weighted by Crippen LogP contribution is -2.50. The van der Waals surface area contributed by atoms with Gasteiger partial charge in [0.25, 0.3) is 0 Å². The lowest BCUT2D eigenvalue weighted by atomic mass is 9.81. The van der Waals surface area contributed by atoms with Crippen molar-refractivity contribution < 1.29 is 14.8 Å². The summed E-state index contributed by atoms with van der Waals surface area (Å²) in [6.45, 7) is 0.669. The Hall–Kier alpha value is -2.02. The summed E-state index contributed by atoms with van der Waals surface area (Å²) in [7, 11) is 0. The highest BCUT2D eigenvalue weighted by molar-refractivity contribution is 7.99. The second-order valence-corrected chi connectivity index (χ2v) is 9.30. The maximum Gasteiger partial charge on any atom is 0.246 e. The molecule has 2 amide bonds. The summed E-state index contributed by atoms with van der Waals surface area (Å²) in [6.07, 6.45) is 7.72. The van der Waals surface area contributed by atoms with Gasteiger partial charge in [-0.15, -0.1) is 11.8 Å². The van der Waals surface area contributed by atoms with E-state index < -0.39 is 0 Å². The number of rotatable bonds is 5. The lowest BCUT2D eigenvalue weighted by molar-refractivity contribution is -0.143. The molecule has 7 heteroatoms. The number of fused-ring (bicyclic) bond motifs is 1. The molecule has 1 aromatic rings. The van der Waals surface area contributed by atoms with E-state index in [9.17, 15) is 9.59 Å². The Morgan fingerprint density at radius 3 is 2.86 bits per heavy atom. The van der Waals surface area contributed by atoms with Gasteiger partial charge in [-0.05, 0) is 55.6 Å². The third-order valence-corrected chi connectivity index (χ3v) is 7.55. The quantitative estimate of drug-likeness (QED) is 0.456. The van der Waals surface area contributed by atoms with Gasteiger partial charge >= 0.3 is 0 Å². The second kappa shape index (κ2) is 9.20. The standard InChI is InChI=1S/C22H29N3O3S/c26-21(10-8-16-7-9-17-4-1-2-5-18(17)12-16)24-11-3-6-20(24)22(27)25-15-29-14-19(25)13-23-28/h1-2,4-5,13,16,19-20,28H,3,6-12,14-15H2/t16-,19+,20+/m0/s1. The third-order valence-electron chi connectivity index (χ3n) is 6.51. The van der Waals surface area contributed by atoms with Crippen LogP contribution in [0.2, 0.25) is 0 Å². The number of oxime groups is 1. The van der Waals surface area contributed by atoms with Crippen LogP contribution in [0.15, 0.2) is 29.4 Å². The van der Waals surface area contributed by atoms with E-state index in [-0.39, 0.29) is 23.9 Å². The fourth-order valence-corrected chi connectivity index (χ4v) is 6.02. The normalized spacial score (nSPS) is 26.8. The van der Waals surface area contributed by atoms with Crippen LogP contribution >= 0.6 is 11.8 Å². The number of carbonyl (C=O) groups is 2. The number of aryl methyl sites for hydroxylation is 1. The van der Waals surface area contributed by atoms with Gasteiger partial charge in [0.2, 0.25) is 11.8 Å². The number of carbonyl (C=O) groups excluding carboxylic acids is 2. The van der Waals surface area contributed by atoms with Crippen LogP contribution < -0.4 is 0 Å². The zero-order valence-corrected chi connectivity index (χ0v) is 17.5. The largest absolute Gasteiger partial charge is 0.411 e. The van der Waals surface area contributed by atoms with Crippen LogP contribution in [0.5, 0.6) is 0 Å². The van der Waals surface area contributed by atoms with Crippen molar-refractivity contribution in [2.75, 3.05) is 18.2 Å².